The molecule has 0 saturated heterocycles. The van der Waals surface area contributed by atoms with Gasteiger partial charge in [-0.15, -0.1) is 0 Å². The van der Waals surface area contributed by atoms with Crippen LogP contribution in [-0.4, -0.2) is 33.4 Å². The van der Waals surface area contributed by atoms with Crippen molar-refractivity contribution in [2.75, 3.05) is 6.61 Å². The lowest BCUT2D eigenvalue weighted by molar-refractivity contribution is -0.138. The highest BCUT2D eigenvalue weighted by Crippen LogP contribution is 2.67. The standard InChI is InChI=1S/C12H12F2N2O4/c1-2-20-11(19)9-8-5-3-6(5)12(13,14)10(8)16(15-9)4-7(17)18/h5-6H,2-4H2,1H3,(H,17,18)/t5-,6+/m1/s1. The minimum absolute atomic E-state index is 0.101. The average molecular weight is 286 g/mol. The predicted molar refractivity (Wildman–Crippen MR) is 60.6 cm³/mol. The van der Waals surface area contributed by atoms with Crippen LogP contribution < -0.4 is 0 Å². The summed E-state index contributed by atoms with van der Waals surface area (Å²) in [6.45, 7) is 1.00. The minimum atomic E-state index is -3.13. The Morgan fingerprint density at radius 2 is 2.25 bits per heavy atom. The number of hydrogen-bond acceptors (Lipinski definition) is 4. The molecule has 2 aliphatic carbocycles. The van der Waals surface area contributed by atoms with Crippen LogP contribution in [0.2, 0.25) is 0 Å². The summed E-state index contributed by atoms with van der Waals surface area (Å²) in [5.74, 6) is -6.46. The molecule has 6 nitrogen and oxygen atoms in total. The summed E-state index contributed by atoms with van der Waals surface area (Å²) < 4.78 is 33.8. The molecule has 1 fully saturated rings. The van der Waals surface area contributed by atoms with Gasteiger partial charge in [0.2, 0.25) is 0 Å². The van der Waals surface area contributed by atoms with Gasteiger partial charge in [0.05, 0.1) is 6.61 Å². The number of carbonyl (C=O) groups excluding carboxylic acids is 1. The summed E-state index contributed by atoms with van der Waals surface area (Å²) in [5, 5.41) is 12.5. The van der Waals surface area contributed by atoms with Gasteiger partial charge in [-0.2, -0.15) is 13.9 Å². The van der Waals surface area contributed by atoms with Crippen LogP contribution >= 0.6 is 0 Å². The number of ether oxygens (including phenoxy) is 1. The molecule has 1 aromatic rings. The number of fused-ring (bicyclic) bond motifs is 3. The van der Waals surface area contributed by atoms with Gasteiger partial charge in [-0.1, -0.05) is 0 Å². The lowest BCUT2D eigenvalue weighted by Crippen LogP contribution is -2.22. The Labute approximate surface area is 112 Å². The van der Waals surface area contributed by atoms with Gasteiger partial charge in [-0.05, 0) is 19.3 Å². The van der Waals surface area contributed by atoms with Gasteiger partial charge in [0.15, 0.2) is 5.69 Å². The second-order valence-corrected chi connectivity index (χ2v) is 4.95. The quantitative estimate of drug-likeness (QED) is 0.845. The summed E-state index contributed by atoms with van der Waals surface area (Å²) >= 11 is 0. The first-order valence-electron chi connectivity index (χ1n) is 6.25. The van der Waals surface area contributed by atoms with Crippen molar-refractivity contribution in [3.05, 3.63) is 17.0 Å². The normalized spacial score (nSPS) is 24.9. The molecule has 1 aromatic heterocycles. The highest BCUT2D eigenvalue weighted by Gasteiger charge is 2.67. The largest absolute Gasteiger partial charge is 0.480 e. The third-order valence-corrected chi connectivity index (χ3v) is 3.69. The molecule has 0 spiro atoms. The van der Waals surface area contributed by atoms with Gasteiger partial charge in [0.1, 0.15) is 12.2 Å². The third kappa shape index (κ3) is 1.63. The molecule has 2 aliphatic rings. The van der Waals surface area contributed by atoms with Crippen LogP contribution in [0.1, 0.15) is 41.0 Å². The molecular weight excluding hydrogens is 274 g/mol. The summed E-state index contributed by atoms with van der Waals surface area (Å²) in [6, 6.07) is 0. The monoisotopic (exact) mass is 286 g/mol. The second-order valence-electron chi connectivity index (χ2n) is 4.95. The van der Waals surface area contributed by atoms with E-state index < -0.39 is 41.9 Å². The number of esters is 1. The molecule has 108 valence electrons. The van der Waals surface area contributed by atoms with Gasteiger partial charge >= 0.3 is 11.9 Å². The summed E-state index contributed by atoms with van der Waals surface area (Å²) in [7, 11) is 0. The second kappa shape index (κ2) is 4.00. The third-order valence-electron chi connectivity index (χ3n) is 3.69. The summed E-state index contributed by atoms with van der Waals surface area (Å²) in [5.41, 5.74) is -0.448. The number of hydrogen-bond donors (Lipinski definition) is 1. The molecule has 0 radical (unpaired) electrons. The van der Waals surface area contributed by atoms with E-state index in [4.69, 9.17) is 9.84 Å². The lowest BCUT2D eigenvalue weighted by Gasteiger charge is -2.14. The van der Waals surface area contributed by atoms with Crippen molar-refractivity contribution in [1.82, 2.24) is 9.78 Å². The van der Waals surface area contributed by atoms with E-state index in [-0.39, 0.29) is 17.9 Å². The van der Waals surface area contributed by atoms with Crippen LogP contribution in [0.15, 0.2) is 0 Å². The molecule has 0 aromatic carbocycles. The fourth-order valence-corrected chi connectivity index (χ4v) is 2.86. The van der Waals surface area contributed by atoms with E-state index in [0.29, 0.717) is 6.42 Å². The zero-order valence-electron chi connectivity index (χ0n) is 10.6. The smallest absolute Gasteiger partial charge is 0.359 e. The highest BCUT2D eigenvalue weighted by molar-refractivity contribution is 5.90. The molecule has 0 aliphatic heterocycles. The molecule has 8 heteroatoms. The molecule has 0 bridgehead atoms. The number of carboxylic acid groups (broad SMARTS) is 1. The van der Waals surface area contributed by atoms with Crippen molar-refractivity contribution in [3.8, 4) is 0 Å². The van der Waals surface area contributed by atoms with Crippen molar-refractivity contribution in [2.45, 2.75) is 31.7 Å². The molecule has 1 heterocycles. The van der Waals surface area contributed by atoms with Crippen LogP contribution in [-0.2, 0) is 22.0 Å². The van der Waals surface area contributed by atoms with Crippen molar-refractivity contribution in [3.63, 3.8) is 0 Å². The Balaban J connectivity index is 2.10. The number of carboxylic acids is 1. The van der Waals surface area contributed by atoms with E-state index in [0.717, 1.165) is 4.68 Å². The van der Waals surface area contributed by atoms with Crippen molar-refractivity contribution >= 4 is 11.9 Å². The SMILES string of the molecule is CCOC(=O)c1nn(CC(=O)O)c2c1[C@@H]1C[C@@H]1C2(F)F. The van der Waals surface area contributed by atoms with Crippen molar-refractivity contribution in [2.24, 2.45) is 5.92 Å². The number of rotatable bonds is 4. The van der Waals surface area contributed by atoms with E-state index in [1.54, 1.807) is 6.92 Å². The van der Waals surface area contributed by atoms with Crippen LogP contribution in [0.5, 0.6) is 0 Å². The molecule has 0 unspecified atom stereocenters. The number of aromatic nitrogens is 2. The molecule has 2 atom stereocenters. The average Bonchev–Trinajstić information content (AvgIpc) is 3.00. The Bertz CT molecular complexity index is 611. The fraction of sp³-hybridized carbons (Fsp3) is 0.583. The lowest BCUT2D eigenvalue weighted by atomic mass is 10.1. The number of alkyl halides is 2. The number of nitrogens with zero attached hydrogens (tertiary/aromatic N) is 2. The number of halogens is 2. The zero-order chi connectivity index (χ0) is 14.7. The van der Waals surface area contributed by atoms with Crippen LogP contribution in [0.25, 0.3) is 0 Å². The van der Waals surface area contributed by atoms with E-state index in [9.17, 15) is 18.4 Å². The fourth-order valence-electron chi connectivity index (χ4n) is 2.86. The van der Waals surface area contributed by atoms with Gasteiger partial charge in [0.25, 0.3) is 5.92 Å². The minimum Gasteiger partial charge on any atom is -0.480 e. The van der Waals surface area contributed by atoms with E-state index in [2.05, 4.69) is 5.10 Å². The van der Waals surface area contributed by atoms with Gasteiger partial charge in [-0.25, -0.2) is 4.79 Å². The maximum Gasteiger partial charge on any atom is 0.359 e. The van der Waals surface area contributed by atoms with E-state index in [1.807, 2.05) is 0 Å². The van der Waals surface area contributed by atoms with Crippen LogP contribution in [0.3, 0.4) is 0 Å². The first kappa shape index (κ1) is 13.0. The summed E-state index contributed by atoms with van der Waals surface area (Å²) in [6.07, 6.45) is 0.297. The zero-order valence-corrected chi connectivity index (χ0v) is 10.6. The van der Waals surface area contributed by atoms with Crippen LogP contribution in [0.4, 0.5) is 8.78 Å². The Morgan fingerprint density at radius 1 is 1.55 bits per heavy atom. The van der Waals surface area contributed by atoms with E-state index >= 15 is 0 Å². The molecule has 1 N–H and O–H groups in total. The number of aliphatic carboxylic acids is 1. The first-order valence-corrected chi connectivity index (χ1v) is 6.25. The number of carbonyl (C=O) groups is 2. The highest BCUT2D eigenvalue weighted by atomic mass is 19.3. The first-order chi connectivity index (χ1) is 9.37. The van der Waals surface area contributed by atoms with Gasteiger partial charge in [0, 0.05) is 11.5 Å². The van der Waals surface area contributed by atoms with Crippen molar-refractivity contribution < 1.29 is 28.2 Å². The summed E-state index contributed by atoms with van der Waals surface area (Å²) in [4.78, 5) is 22.5. The Morgan fingerprint density at radius 3 is 2.85 bits per heavy atom. The Hall–Kier alpha value is -1.99. The maximum absolute atomic E-state index is 14.1. The predicted octanol–water partition coefficient (Wildman–Crippen LogP) is 1.35. The molecule has 1 saturated carbocycles. The molecule has 3 rings (SSSR count). The van der Waals surface area contributed by atoms with E-state index in [1.165, 1.54) is 0 Å². The van der Waals surface area contributed by atoms with Gasteiger partial charge in [-0.3, -0.25) is 9.48 Å². The van der Waals surface area contributed by atoms with Crippen LogP contribution in [0, 0.1) is 5.92 Å². The topological polar surface area (TPSA) is 81.4 Å². The molecule has 0 amide bonds. The Kier molecular flexibility index (Phi) is 2.60. The van der Waals surface area contributed by atoms with Crippen molar-refractivity contribution in [1.29, 1.82) is 0 Å². The maximum atomic E-state index is 14.1. The van der Waals surface area contributed by atoms with Gasteiger partial charge < -0.3 is 9.84 Å². The molecule has 20 heavy (non-hydrogen) atoms. The molecular formula is C12H12F2N2O4.